The molecule has 0 saturated heterocycles. The molecule has 2 aromatic rings. The molecule has 1 aromatic heterocycles. The van der Waals surface area contributed by atoms with Gasteiger partial charge in [0.1, 0.15) is 16.3 Å². The summed E-state index contributed by atoms with van der Waals surface area (Å²) in [4.78, 5) is 5.36. The van der Waals surface area contributed by atoms with Crippen molar-refractivity contribution in [2.24, 2.45) is 5.16 Å². The molecule has 3 rings (SSSR count). The molecule has 0 fully saturated rings. The number of hydrogen-bond acceptors (Lipinski definition) is 5. The first-order chi connectivity index (χ1) is 9.44. The van der Waals surface area contributed by atoms with Gasteiger partial charge in [-0.25, -0.2) is 0 Å². The van der Waals surface area contributed by atoms with Crippen LogP contribution in [0.5, 0.6) is 0 Å². The highest BCUT2D eigenvalue weighted by Crippen LogP contribution is 2.34. The zero-order chi connectivity index (χ0) is 14.3. The molecule has 0 bridgehead atoms. The molecule has 1 aliphatic rings. The zero-order valence-corrected chi connectivity index (χ0v) is 14.9. The maximum atomic E-state index is 5.39. The second-order valence-corrected chi connectivity index (χ2v) is 8.01. The van der Waals surface area contributed by atoms with Gasteiger partial charge in [0.2, 0.25) is 0 Å². The summed E-state index contributed by atoms with van der Waals surface area (Å²) in [5.41, 5.74) is 1.49. The lowest BCUT2D eigenvalue weighted by atomic mass is 10.1. The van der Waals surface area contributed by atoms with Gasteiger partial charge >= 0.3 is 0 Å². The maximum Gasteiger partial charge on any atom is 0.181 e. The van der Waals surface area contributed by atoms with Crippen molar-refractivity contribution in [2.75, 3.05) is 0 Å². The van der Waals surface area contributed by atoms with Crippen LogP contribution in [0.1, 0.15) is 26.0 Å². The van der Waals surface area contributed by atoms with Crippen molar-refractivity contribution in [1.82, 2.24) is 5.16 Å². The van der Waals surface area contributed by atoms with Gasteiger partial charge in [0, 0.05) is 22.0 Å². The van der Waals surface area contributed by atoms with E-state index >= 15 is 0 Å². The molecule has 106 valence electrons. The molecule has 1 aromatic carbocycles. The maximum absolute atomic E-state index is 5.39. The summed E-state index contributed by atoms with van der Waals surface area (Å²) in [6.45, 7) is 4.06. The highest BCUT2D eigenvalue weighted by molar-refractivity contribution is 9.11. The van der Waals surface area contributed by atoms with Crippen LogP contribution in [0.25, 0.3) is 11.0 Å². The van der Waals surface area contributed by atoms with Crippen LogP contribution in [0.3, 0.4) is 0 Å². The molecule has 4 nitrogen and oxygen atoms in total. The van der Waals surface area contributed by atoms with Crippen molar-refractivity contribution in [1.29, 1.82) is 0 Å². The molecule has 1 aliphatic heterocycles. The van der Waals surface area contributed by atoms with Crippen LogP contribution >= 0.6 is 43.6 Å². The fourth-order valence-corrected chi connectivity index (χ4v) is 4.30. The van der Waals surface area contributed by atoms with Gasteiger partial charge in [0.05, 0.1) is 4.47 Å². The van der Waals surface area contributed by atoms with Crippen LogP contribution < -0.4 is 0 Å². The molecule has 0 atom stereocenters. The van der Waals surface area contributed by atoms with Crippen LogP contribution in [-0.4, -0.2) is 15.8 Å². The fourth-order valence-electron chi connectivity index (χ4n) is 1.95. The van der Waals surface area contributed by atoms with Crippen LogP contribution in [0.15, 0.2) is 30.8 Å². The Morgan fingerprint density at radius 3 is 2.85 bits per heavy atom. The van der Waals surface area contributed by atoms with Crippen molar-refractivity contribution < 1.29 is 9.36 Å². The number of halogens is 2. The van der Waals surface area contributed by atoms with Gasteiger partial charge in [0.25, 0.3) is 0 Å². The monoisotopic (exact) mass is 418 g/mol. The van der Waals surface area contributed by atoms with E-state index in [1.807, 2.05) is 26.0 Å². The molecule has 0 radical (unpaired) electrons. The van der Waals surface area contributed by atoms with E-state index in [1.54, 1.807) is 11.8 Å². The summed E-state index contributed by atoms with van der Waals surface area (Å²) in [5.74, 6) is 0.716. The summed E-state index contributed by atoms with van der Waals surface area (Å²) >= 11 is 8.61. The van der Waals surface area contributed by atoms with Crippen molar-refractivity contribution in [2.45, 2.75) is 31.6 Å². The molecule has 0 saturated carbocycles. The molecule has 20 heavy (non-hydrogen) atoms. The normalized spacial score (nSPS) is 17.3. The van der Waals surface area contributed by atoms with Crippen LogP contribution in [-0.2, 0) is 10.6 Å². The van der Waals surface area contributed by atoms with E-state index < -0.39 is 0 Å². The third-order valence-corrected chi connectivity index (χ3v) is 4.93. The number of thioether (sulfide) groups is 1. The van der Waals surface area contributed by atoms with E-state index in [0.29, 0.717) is 5.75 Å². The highest BCUT2D eigenvalue weighted by atomic mass is 79.9. The first-order valence-corrected chi connectivity index (χ1v) is 8.63. The number of rotatable bonds is 2. The Hall–Kier alpha value is -0.530. The number of benzene rings is 1. The minimum atomic E-state index is -0.194. The Morgan fingerprint density at radius 2 is 2.15 bits per heavy atom. The minimum Gasteiger partial charge on any atom is -0.389 e. The number of oxime groups is 1. The second kappa shape index (κ2) is 5.35. The van der Waals surface area contributed by atoms with E-state index in [2.05, 4.69) is 42.2 Å². The molecule has 2 heterocycles. The van der Waals surface area contributed by atoms with Gasteiger partial charge < -0.3 is 9.36 Å². The van der Waals surface area contributed by atoms with Gasteiger partial charge in [-0.2, -0.15) is 0 Å². The summed E-state index contributed by atoms with van der Waals surface area (Å²) in [7, 11) is 0. The van der Waals surface area contributed by atoms with Crippen molar-refractivity contribution >= 4 is 59.6 Å². The van der Waals surface area contributed by atoms with E-state index in [1.165, 1.54) is 0 Å². The van der Waals surface area contributed by atoms with E-state index in [0.717, 1.165) is 37.1 Å². The predicted molar refractivity (Wildman–Crippen MR) is 87.9 cm³/mol. The molecule has 7 heteroatoms. The topological polar surface area (TPSA) is 47.6 Å². The molecule has 0 amide bonds. The van der Waals surface area contributed by atoms with Gasteiger partial charge in [-0.15, -0.1) is 11.8 Å². The summed E-state index contributed by atoms with van der Waals surface area (Å²) in [6.07, 6.45) is 0.834. The number of nitrogens with zero attached hydrogens (tertiary/aromatic N) is 2. The van der Waals surface area contributed by atoms with Crippen molar-refractivity contribution in [3.63, 3.8) is 0 Å². The SMILES string of the molecule is CC1(C)CC(SCc2noc3c(Br)cc(Br)cc23)=NO1. The van der Waals surface area contributed by atoms with Crippen molar-refractivity contribution in [3.05, 3.63) is 26.8 Å². The van der Waals surface area contributed by atoms with Crippen LogP contribution in [0.2, 0.25) is 0 Å². The van der Waals surface area contributed by atoms with Crippen molar-refractivity contribution in [3.8, 4) is 0 Å². The summed E-state index contributed by atoms with van der Waals surface area (Å²) in [6, 6.07) is 3.96. The average Bonchev–Trinajstić information content (AvgIpc) is 2.90. The third-order valence-electron chi connectivity index (χ3n) is 2.91. The first kappa shape index (κ1) is 14.4. The fraction of sp³-hybridized carbons (Fsp3) is 0.385. The van der Waals surface area contributed by atoms with Crippen LogP contribution in [0, 0.1) is 0 Å². The molecular weight excluding hydrogens is 408 g/mol. The lowest BCUT2D eigenvalue weighted by Gasteiger charge is -2.12. The lowest BCUT2D eigenvalue weighted by molar-refractivity contribution is 0.0123. The van der Waals surface area contributed by atoms with Gasteiger partial charge in [-0.05, 0) is 41.9 Å². The number of hydrogen-bond donors (Lipinski definition) is 0. The first-order valence-electron chi connectivity index (χ1n) is 6.06. The van der Waals surface area contributed by atoms with Gasteiger partial charge in [-0.1, -0.05) is 26.2 Å². The Balaban J connectivity index is 1.79. The minimum absolute atomic E-state index is 0.194. The Labute approximate surface area is 137 Å². The standard InChI is InChI=1S/C13H12Br2N2O2S/c1-13(2)5-11(17-19-13)20-6-10-8-3-7(14)4-9(15)12(8)18-16-10/h3-4H,5-6H2,1-2H3. The molecule has 0 aliphatic carbocycles. The summed E-state index contributed by atoms with van der Waals surface area (Å²) in [5, 5.41) is 10.3. The van der Waals surface area contributed by atoms with E-state index in [-0.39, 0.29) is 5.60 Å². The van der Waals surface area contributed by atoms with Gasteiger partial charge in [0.15, 0.2) is 5.58 Å². The van der Waals surface area contributed by atoms with Gasteiger partial charge in [-0.3, -0.25) is 0 Å². The molecule has 0 N–H and O–H groups in total. The van der Waals surface area contributed by atoms with E-state index in [9.17, 15) is 0 Å². The molecule has 0 spiro atoms. The Morgan fingerprint density at radius 1 is 1.35 bits per heavy atom. The average molecular weight is 420 g/mol. The lowest BCUT2D eigenvalue weighted by Crippen LogP contribution is -2.18. The quantitative estimate of drug-likeness (QED) is 0.679. The second-order valence-electron chi connectivity index (χ2n) is 5.20. The smallest absolute Gasteiger partial charge is 0.181 e. The Kier molecular flexibility index (Phi) is 3.85. The largest absolute Gasteiger partial charge is 0.389 e. The van der Waals surface area contributed by atoms with E-state index in [4.69, 9.17) is 9.36 Å². The Bertz CT molecular complexity index is 697. The number of aromatic nitrogens is 1. The predicted octanol–water partition coefficient (Wildman–Crippen LogP) is 5.10. The molecular formula is C13H12Br2N2O2S. The third kappa shape index (κ3) is 2.89. The van der Waals surface area contributed by atoms with Crippen LogP contribution in [0.4, 0.5) is 0 Å². The zero-order valence-electron chi connectivity index (χ0n) is 10.9. The highest BCUT2D eigenvalue weighted by Gasteiger charge is 2.29. The molecule has 0 unspecified atom stereocenters. The summed E-state index contributed by atoms with van der Waals surface area (Å²) < 4.78 is 7.28. The number of fused-ring (bicyclic) bond motifs is 1.